The Morgan fingerprint density at radius 1 is 1.23 bits per heavy atom. The molecule has 0 spiro atoms. The van der Waals surface area contributed by atoms with Crippen LogP contribution in [0.15, 0.2) is 36.0 Å². The van der Waals surface area contributed by atoms with E-state index in [0.717, 1.165) is 12.8 Å². The number of aldehydes is 1. The lowest BCUT2D eigenvalue weighted by Crippen LogP contribution is -2.64. The molecule has 1 saturated heterocycles. The van der Waals surface area contributed by atoms with Crippen molar-refractivity contribution in [2.75, 3.05) is 6.61 Å². The number of cyclic esters (lactones) is 1. The first-order valence-electron chi connectivity index (χ1n) is 9.11. The molecule has 5 nitrogen and oxygen atoms in total. The first kappa shape index (κ1) is 18.8. The van der Waals surface area contributed by atoms with Crippen LogP contribution < -0.4 is 0 Å². The van der Waals surface area contributed by atoms with E-state index < -0.39 is 22.9 Å². The van der Waals surface area contributed by atoms with Gasteiger partial charge < -0.3 is 9.84 Å². The number of rotatable bonds is 4. The molecule has 1 aliphatic heterocycles. The summed E-state index contributed by atoms with van der Waals surface area (Å²) in [5.41, 5.74) is -2.10. The van der Waals surface area contributed by atoms with Gasteiger partial charge in [0.15, 0.2) is 11.4 Å². The van der Waals surface area contributed by atoms with Gasteiger partial charge in [0.1, 0.15) is 12.9 Å². The van der Waals surface area contributed by atoms with Gasteiger partial charge in [-0.05, 0) is 36.3 Å². The van der Waals surface area contributed by atoms with Crippen LogP contribution in [0.3, 0.4) is 0 Å². The van der Waals surface area contributed by atoms with Crippen LogP contribution in [0.1, 0.15) is 40.0 Å². The molecule has 0 amide bonds. The highest BCUT2D eigenvalue weighted by molar-refractivity contribution is 5.96. The van der Waals surface area contributed by atoms with E-state index in [-0.39, 0.29) is 23.7 Å². The standard InChI is InChI=1S/C21H26O5/c1-19(2)9-7-10-20(3)17(19)15(16(23)8-5-4-6-11-22)12-14-13-26-18(24)21(14,20)25/h4-6,8,11-12,15,17,25H,7,9-10,13H2,1-3H3/b6-4+,8-5+/t15-,17-,20-,21-/m0/s1. The normalized spacial score (nSPS) is 38.6. The van der Waals surface area contributed by atoms with Crippen molar-refractivity contribution in [2.24, 2.45) is 22.7 Å². The molecule has 0 radical (unpaired) electrons. The van der Waals surface area contributed by atoms with Crippen molar-refractivity contribution in [1.82, 2.24) is 0 Å². The minimum atomic E-state index is -1.65. The van der Waals surface area contributed by atoms with E-state index in [4.69, 9.17) is 4.74 Å². The van der Waals surface area contributed by atoms with E-state index in [1.807, 2.05) is 6.92 Å². The lowest BCUT2D eigenvalue weighted by Gasteiger charge is -2.59. The molecule has 26 heavy (non-hydrogen) atoms. The van der Waals surface area contributed by atoms with Gasteiger partial charge in [-0.15, -0.1) is 0 Å². The van der Waals surface area contributed by atoms with Crippen molar-refractivity contribution >= 4 is 18.0 Å². The molecule has 3 rings (SSSR count). The van der Waals surface area contributed by atoms with Gasteiger partial charge in [0.05, 0.1) is 0 Å². The summed E-state index contributed by atoms with van der Waals surface area (Å²) in [7, 11) is 0. The van der Waals surface area contributed by atoms with Crippen molar-refractivity contribution < 1.29 is 24.2 Å². The first-order chi connectivity index (χ1) is 12.2. The zero-order valence-electron chi connectivity index (χ0n) is 15.5. The molecule has 4 atom stereocenters. The average Bonchev–Trinajstić information content (AvgIpc) is 2.87. The van der Waals surface area contributed by atoms with E-state index >= 15 is 0 Å². The highest BCUT2D eigenvalue weighted by Crippen LogP contribution is 2.64. The Balaban J connectivity index is 2.10. The van der Waals surface area contributed by atoms with E-state index in [1.54, 1.807) is 12.2 Å². The number of hydrogen-bond acceptors (Lipinski definition) is 5. The molecule has 0 bridgehead atoms. The minimum Gasteiger partial charge on any atom is -0.459 e. The van der Waals surface area contributed by atoms with Gasteiger partial charge >= 0.3 is 5.97 Å². The third kappa shape index (κ3) is 2.52. The summed E-state index contributed by atoms with van der Waals surface area (Å²) in [6.07, 6.45) is 10.8. The van der Waals surface area contributed by atoms with Gasteiger partial charge in [-0.3, -0.25) is 9.59 Å². The quantitative estimate of drug-likeness (QED) is 0.275. The largest absolute Gasteiger partial charge is 0.459 e. The number of fused-ring (bicyclic) bond motifs is 3. The molecule has 0 aromatic rings. The van der Waals surface area contributed by atoms with Gasteiger partial charge in [0.2, 0.25) is 0 Å². The van der Waals surface area contributed by atoms with Crippen molar-refractivity contribution in [2.45, 2.75) is 45.6 Å². The maximum absolute atomic E-state index is 13.0. The molecule has 0 aromatic carbocycles. The van der Waals surface area contributed by atoms with Crippen LogP contribution in [-0.4, -0.2) is 35.4 Å². The lowest BCUT2D eigenvalue weighted by atomic mass is 9.44. The summed E-state index contributed by atoms with van der Waals surface area (Å²) >= 11 is 0. The molecular weight excluding hydrogens is 332 g/mol. The maximum Gasteiger partial charge on any atom is 0.343 e. The van der Waals surface area contributed by atoms with Gasteiger partial charge in [0.25, 0.3) is 0 Å². The smallest absolute Gasteiger partial charge is 0.343 e. The second-order valence-electron chi connectivity index (χ2n) is 8.52. The highest BCUT2D eigenvalue weighted by atomic mass is 16.6. The van der Waals surface area contributed by atoms with Gasteiger partial charge in [-0.1, -0.05) is 45.4 Å². The number of carbonyl (C=O) groups excluding carboxylic acids is 3. The summed E-state index contributed by atoms with van der Waals surface area (Å²) in [5, 5.41) is 11.4. The molecule has 140 valence electrons. The topological polar surface area (TPSA) is 80.7 Å². The number of carbonyl (C=O) groups is 3. The van der Waals surface area contributed by atoms with Gasteiger partial charge in [-0.25, -0.2) is 4.79 Å². The molecule has 2 aliphatic carbocycles. The van der Waals surface area contributed by atoms with Crippen LogP contribution in [0.25, 0.3) is 0 Å². The van der Waals surface area contributed by atoms with Crippen LogP contribution in [-0.2, 0) is 19.1 Å². The van der Waals surface area contributed by atoms with Gasteiger partial charge in [-0.2, -0.15) is 0 Å². The molecular formula is C21H26O5. The number of aliphatic hydroxyl groups is 1. The van der Waals surface area contributed by atoms with Crippen molar-refractivity contribution in [1.29, 1.82) is 0 Å². The van der Waals surface area contributed by atoms with E-state index in [0.29, 0.717) is 18.3 Å². The van der Waals surface area contributed by atoms with Crippen LogP contribution in [0.4, 0.5) is 0 Å². The molecule has 3 aliphatic rings. The molecule has 5 heteroatoms. The minimum absolute atomic E-state index is 0.0383. The zero-order valence-corrected chi connectivity index (χ0v) is 15.5. The monoisotopic (exact) mass is 358 g/mol. The number of hydrogen-bond donors (Lipinski definition) is 1. The van der Waals surface area contributed by atoms with Crippen LogP contribution in [0, 0.1) is 22.7 Å². The van der Waals surface area contributed by atoms with Gasteiger partial charge in [0, 0.05) is 16.9 Å². The van der Waals surface area contributed by atoms with Crippen LogP contribution in [0.5, 0.6) is 0 Å². The summed E-state index contributed by atoms with van der Waals surface area (Å²) in [4.78, 5) is 35.8. The molecule has 2 fully saturated rings. The Bertz CT molecular complexity index is 729. The molecule has 0 aromatic heterocycles. The summed E-state index contributed by atoms with van der Waals surface area (Å²) in [6, 6.07) is 0. The summed E-state index contributed by atoms with van der Waals surface area (Å²) in [5.74, 6) is -1.29. The van der Waals surface area contributed by atoms with Crippen LogP contribution >= 0.6 is 0 Å². The van der Waals surface area contributed by atoms with Crippen molar-refractivity contribution in [3.05, 3.63) is 36.0 Å². The average molecular weight is 358 g/mol. The molecule has 1 heterocycles. The number of ether oxygens (including phenoxy) is 1. The molecule has 1 saturated carbocycles. The predicted octanol–water partition coefficient (Wildman–Crippen LogP) is 2.54. The number of esters is 1. The number of allylic oxidation sites excluding steroid dienone is 5. The van der Waals surface area contributed by atoms with E-state index in [1.165, 1.54) is 18.2 Å². The van der Waals surface area contributed by atoms with E-state index in [9.17, 15) is 19.5 Å². The Morgan fingerprint density at radius 2 is 1.96 bits per heavy atom. The third-order valence-corrected chi connectivity index (χ3v) is 6.62. The van der Waals surface area contributed by atoms with Crippen molar-refractivity contribution in [3.8, 4) is 0 Å². The fraction of sp³-hybridized carbons (Fsp3) is 0.571. The second-order valence-corrected chi connectivity index (χ2v) is 8.52. The fourth-order valence-corrected chi connectivity index (χ4v) is 5.56. The Morgan fingerprint density at radius 3 is 2.65 bits per heavy atom. The molecule has 1 N–H and O–H groups in total. The molecule has 0 unspecified atom stereocenters. The van der Waals surface area contributed by atoms with Crippen LogP contribution in [0.2, 0.25) is 0 Å². The van der Waals surface area contributed by atoms with Crippen molar-refractivity contribution in [3.63, 3.8) is 0 Å². The Hall–Kier alpha value is -2.01. The first-order valence-corrected chi connectivity index (χ1v) is 9.11. The zero-order chi connectivity index (χ0) is 19.2. The van der Waals surface area contributed by atoms with E-state index in [2.05, 4.69) is 13.8 Å². The predicted molar refractivity (Wildman–Crippen MR) is 96.1 cm³/mol. The Labute approximate surface area is 153 Å². The Kier molecular flexibility index (Phi) is 4.55. The third-order valence-electron chi connectivity index (χ3n) is 6.62. The number of ketones is 1. The second kappa shape index (κ2) is 6.31. The lowest BCUT2D eigenvalue weighted by molar-refractivity contribution is -0.184. The summed E-state index contributed by atoms with van der Waals surface area (Å²) in [6.45, 7) is 6.17. The fourth-order valence-electron chi connectivity index (χ4n) is 5.56. The highest BCUT2D eigenvalue weighted by Gasteiger charge is 2.69. The SMILES string of the molecule is CC1(C)CCC[C@@]2(C)[C@H]1[C@H](C(=O)/C=C/C=C/C=O)C=C1COC(=O)[C@@]12O. The maximum atomic E-state index is 13.0. The summed E-state index contributed by atoms with van der Waals surface area (Å²) < 4.78 is 5.19.